The highest BCUT2D eigenvalue weighted by Gasteiger charge is 2.51. The number of benzene rings is 2. The van der Waals surface area contributed by atoms with Crippen LogP contribution in [0.4, 0.5) is 8.78 Å². The Kier molecular flexibility index (Phi) is 5.76. The summed E-state index contributed by atoms with van der Waals surface area (Å²) in [5, 5.41) is 9.17. The summed E-state index contributed by atoms with van der Waals surface area (Å²) >= 11 is 7.72. The molecule has 0 aliphatic carbocycles. The lowest BCUT2D eigenvalue weighted by Gasteiger charge is -2.24. The summed E-state index contributed by atoms with van der Waals surface area (Å²) in [5.41, 5.74) is -0.132. The predicted octanol–water partition coefficient (Wildman–Crippen LogP) is 4.56. The Hall–Kier alpha value is -1.74. The van der Waals surface area contributed by atoms with Crippen LogP contribution in [0.25, 0.3) is 0 Å². The molecule has 1 N–H and O–H groups in total. The van der Waals surface area contributed by atoms with Crippen molar-refractivity contribution in [2.75, 3.05) is 0 Å². The summed E-state index contributed by atoms with van der Waals surface area (Å²) in [6.07, 6.45) is -2.25. The molecule has 2 rings (SSSR count). The van der Waals surface area contributed by atoms with E-state index in [-0.39, 0.29) is 11.1 Å². The van der Waals surface area contributed by atoms with Gasteiger partial charge in [0.15, 0.2) is 0 Å². The average Bonchev–Trinajstić information content (AvgIpc) is 2.55. The number of alkyl halides is 2. The minimum absolute atomic E-state index is 0.00841. The lowest BCUT2D eigenvalue weighted by molar-refractivity contribution is -0.183. The molecule has 0 aliphatic heterocycles. The summed E-state index contributed by atoms with van der Waals surface area (Å²) in [5.74, 6) is -7.73. The van der Waals surface area contributed by atoms with Gasteiger partial charge in [0.1, 0.15) is 0 Å². The van der Waals surface area contributed by atoms with Crippen molar-refractivity contribution in [3.05, 3.63) is 68.3 Å². The molecule has 2 aromatic carbocycles. The normalized spacial score (nSPS) is 12.5. The van der Waals surface area contributed by atoms with Crippen LogP contribution in [0.2, 0.25) is 5.02 Å². The number of carboxylic acid groups (broad SMARTS) is 1. The van der Waals surface area contributed by atoms with Crippen LogP contribution in [0.3, 0.4) is 0 Å². The molecule has 2 aromatic rings. The lowest BCUT2D eigenvalue weighted by Crippen LogP contribution is -2.38. The number of carbonyl (C=O) groups is 2. The maximum absolute atomic E-state index is 14.0. The van der Waals surface area contributed by atoms with Gasteiger partial charge in [0, 0.05) is 3.57 Å². The maximum atomic E-state index is 14.0. The third kappa shape index (κ3) is 4.02. The number of halogens is 4. The quantitative estimate of drug-likeness (QED) is 0.518. The van der Waals surface area contributed by atoms with E-state index in [4.69, 9.17) is 21.4 Å². The monoisotopic (exact) mass is 466 g/mol. The highest BCUT2D eigenvalue weighted by atomic mass is 127. The van der Waals surface area contributed by atoms with Crippen molar-refractivity contribution in [3.8, 4) is 0 Å². The van der Waals surface area contributed by atoms with Crippen molar-refractivity contribution >= 4 is 46.1 Å². The van der Waals surface area contributed by atoms with Crippen LogP contribution >= 0.6 is 34.2 Å². The molecule has 0 aromatic heterocycles. The van der Waals surface area contributed by atoms with E-state index in [0.29, 0.717) is 8.59 Å². The Morgan fingerprint density at radius 3 is 2.33 bits per heavy atom. The second-order valence-electron chi connectivity index (χ2n) is 4.75. The molecule has 0 fully saturated rings. The van der Waals surface area contributed by atoms with Gasteiger partial charge in [-0.2, -0.15) is 8.78 Å². The van der Waals surface area contributed by atoms with Crippen LogP contribution in [0, 0.1) is 3.57 Å². The van der Waals surface area contributed by atoms with Gasteiger partial charge in [0.05, 0.1) is 10.6 Å². The molecule has 0 bridgehead atoms. The smallest absolute Gasteiger partial charge is 0.382 e. The van der Waals surface area contributed by atoms with Crippen LogP contribution in [0.1, 0.15) is 22.0 Å². The van der Waals surface area contributed by atoms with Crippen LogP contribution < -0.4 is 0 Å². The largest absolute Gasteiger partial charge is 0.477 e. The SMILES string of the molecule is O=C(OC(c1ccccc1)C(F)(F)C(=O)O)c1ccc(Cl)c(I)c1. The Labute approximate surface area is 154 Å². The zero-order valence-corrected chi connectivity index (χ0v) is 14.8. The van der Waals surface area contributed by atoms with E-state index in [0.717, 1.165) is 0 Å². The number of esters is 1. The first-order valence-electron chi connectivity index (χ1n) is 6.55. The van der Waals surface area contributed by atoms with E-state index >= 15 is 0 Å². The molecule has 4 nitrogen and oxygen atoms in total. The van der Waals surface area contributed by atoms with Gasteiger partial charge in [-0.1, -0.05) is 41.9 Å². The molecule has 0 saturated heterocycles. The number of ether oxygens (including phenoxy) is 1. The van der Waals surface area contributed by atoms with Crippen molar-refractivity contribution in [3.63, 3.8) is 0 Å². The fourth-order valence-corrected chi connectivity index (χ4v) is 2.52. The van der Waals surface area contributed by atoms with E-state index in [1.54, 1.807) is 6.07 Å². The minimum atomic E-state index is -4.28. The highest BCUT2D eigenvalue weighted by Crippen LogP contribution is 2.35. The summed E-state index contributed by atoms with van der Waals surface area (Å²) in [6.45, 7) is 0. The molecule has 0 saturated carbocycles. The molecule has 24 heavy (non-hydrogen) atoms. The molecular formula is C16H10ClF2IO4. The van der Waals surface area contributed by atoms with Gasteiger partial charge in [-0.15, -0.1) is 0 Å². The molecule has 0 radical (unpaired) electrons. The van der Waals surface area contributed by atoms with Gasteiger partial charge in [-0.3, -0.25) is 0 Å². The molecule has 0 amide bonds. The summed E-state index contributed by atoms with van der Waals surface area (Å²) in [4.78, 5) is 23.1. The molecule has 8 heteroatoms. The van der Waals surface area contributed by atoms with Crippen molar-refractivity contribution in [2.24, 2.45) is 0 Å². The molecule has 1 atom stereocenters. The lowest BCUT2D eigenvalue weighted by atomic mass is 10.0. The Morgan fingerprint density at radius 1 is 1.17 bits per heavy atom. The van der Waals surface area contributed by atoms with Crippen molar-refractivity contribution in [1.82, 2.24) is 0 Å². The van der Waals surface area contributed by atoms with E-state index < -0.39 is 24.0 Å². The van der Waals surface area contributed by atoms with Gasteiger partial charge in [-0.05, 0) is 46.4 Å². The molecular weight excluding hydrogens is 457 g/mol. The molecule has 126 valence electrons. The fraction of sp³-hybridized carbons (Fsp3) is 0.125. The number of rotatable bonds is 5. The van der Waals surface area contributed by atoms with Gasteiger partial charge < -0.3 is 9.84 Å². The molecule has 0 heterocycles. The number of hydrogen-bond acceptors (Lipinski definition) is 3. The number of carboxylic acids is 1. The molecule has 1 unspecified atom stereocenters. The zero-order chi connectivity index (χ0) is 17.9. The van der Waals surface area contributed by atoms with Crippen molar-refractivity contribution in [1.29, 1.82) is 0 Å². The zero-order valence-electron chi connectivity index (χ0n) is 11.9. The molecule has 0 spiro atoms. The summed E-state index contributed by atoms with van der Waals surface area (Å²) in [6, 6.07) is 11.1. The Bertz CT molecular complexity index is 768. The van der Waals surface area contributed by atoms with Gasteiger partial charge in [0.2, 0.25) is 6.10 Å². The van der Waals surface area contributed by atoms with Crippen LogP contribution in [-0.2, 0) is 9.53 Å². The van der Waals surface area contributed by atoms with E-state index in [2.05, 4.69) is 0 Å². The standard InChI is InChI=1S/C16H10ClF2IO4/c17-11-7-6-10(8-12(11)20)14(21)24-13(16(18,19)15(22)23)9-4-2-1-3-5-9/h1-8,13H,(H,22,23). The maximum Gasteiger partial charge on any atom is 0.382 e. The van der Waals surface area contributed by atoms with E-state index in [1.165, 1.54) is 42.5 Å². The average molecular weight is 467 g/mol. The van der Waals surface area contributed by atoms with Crippen molar-refractivity contribution in [2.45, 2.75) is 12.0 Å². The first-order chi connectivity index (χ1) is 11.2. The molecule has 0 aliphatic rings. The fourth-order valence-electron chi connectivity index (χ4n) is 1.89. The third-order valence-corrected chi connectivity index (χ3v) is 4.64. The first-order valence-corrected chi connectivity index (χ1v) is 8.01. The second kappa shape index (κ2) is 7.43. The van der Waals surface area contributed by atoms with Crippen LogP contribution in [0.15, 0.2) is 48.5 Å². The Morgan fingerprint density at radius 2 is 1.79 bits per heavy atom. The number of aliphatic carboxylic acids is 1. The van der Waals surface area contributed by atoms with Crippen molar-refractivity contribution < 1.29 is 28.2 Å². The third-order valence-electron chi connectivity index (χ3n) is 3.10. The van der Waals surface area contributed by atoms with Gasteiger partial charge >= 0.3 is 17.9 Å². The second-order valence-corrected chi connectivity index (χ2v) is 6.32. The van der Waals surface area contributed by atoms with Gasteiger partial charge in [0.25, 0.3) is 0 Å². The minimum Gasteiger partial charge on any atom is -0.477 e. The van der Waals surface area contributed by atoms with E-state index in [1.807, 2.05) is 22.6 Å². The topological polar surface area (TPSA) is 63.6 Å². The van der Waals surface area contributed by atoms with Gasteiger partial charge in [-0.25, -0.2) is 9.59 Å². The predicted molar refractivity (Wildman–Crippen MR) is 91.4 cm³/mol. The van der Waals surface area contributed by atoms with Crippen LogP contribution in [0.5, 0.6) is 0 Å². The number of carbonyl (C=O) groups excluding carboxylic acids is 1. The number of hydrogen-bond donors (Lipinski definition) is 1. The van der Waals surface area contributed by atoms with Crippen LogP contribution in [-0.4, -0.2) is 23.0 Å². The first kappa shape index (κ1) is 18.6. The summed E-state index contributed by atoms with van der Waals surface area (Å²) in [7, 11) is 0. The van der Waals surface area contributed by atoms with E-state index in [9.17, 15) is 18.4 Å². The highest BCUT2D eigenvalue weighted by molar-refractivity contribution is 14.1. The summed E-state index contributed by atoms with van der Waals surface area (Å²) < 4.78 is 33.4. The Balaban J connectivity index is 2.36.